The van der Waals surface area contributed by atoms with Gasteiger partial charge in [-0.15, -0.1) is 0 Å². The van der Waals surface area contributed by atoms with Gasteiger partial charge in [0.2, 0.25) is 0 Å². The van der Waals surface area contributed by atoms with Crippen LogP contribution in [0.25, 0.3) is 0 Å². The fraction of sp³-hybridized carbons (Fsp3) is 0.455. The van der Waals surface area contributed by atoms with Crippen LogP contribution in [-0.2, 0) is 14.9 Å². The number of benzene rings is 2. The summed E-state index contributed by atoms with van der Waals surface area (Å²) in [5.74, 6) is 2.49. The molecular formula is C22H25NO5. The third kappa shape index (κ3) is 2.79. The van der Waals surface area contributed by atoms with E-state index < -0.39 is 0 Å². The van der Waals surface area contributed by atoms with Crippen molar-refractivity contribution in [2.45, 2.75) is 5.41 Å². The van der Waals surface area contributed by atoms with Crippen LogP contribution in [0.3, 0.4) is 0 Å². The predicted octanol–water partition coefficient (Wildman–Crippen LogP) is 2.62. The van der Waals surface area contributed by atoms with E-state index in [1.165, 1.54) is 16.8 Å². The molecule has 148 valence electrons. The first kappa shape index (κ1) is 17.6. The molecule has 6 nitrogen and oxygen atoms in total. The largest absolute Gasteiger partial charge is 0.492 e. The summed E-state index contributed by atoms with van der Waals surface area (Å²) in [7, 11) is 1.69. The number of nitrogens with zero attached hydrogens (tertiary/aromatic N) is 1. The molecule has 5 rings (SSSR count). The second-order valence-corrected chi connectivity index (χ2v) is 7.41. The zero-order chi connectivity index (χ0) is 19.0. The maximum absolute atomic E-state index is 6.16. The van der Waals surface area contributed by atoms with Crippen LogP contribution >= 0.6 is 0 Å². The predicted molar refractivity (Wildman–Crippen MR) is 105 cm³/mol. The molecule has 0 aromatic heterocycles. The second kappa shape index (κ2) is 7.18. The van der Waals surface area contributed by atoms with Crippen molar-refractivity contribution in [1.29, 1.82) is 0 Å². The van der Waals surface area contributed by atoms with Gasteiger partial charge >= 0.3 is 0 Å². The van der Waals surface area contributed by atoms with E-state index in [0.717, 1.165) is 30.3 Å². The Labute approximate surface area is 164 Å². The maximum Gasteiger partial charge on any atom is 0.165 e. The maximum atomic E-state index is 6.16. The van der Waals surface area contributed by atoms with Crippen molar-refractivity contribution < 1.29 is 23.7 Å². The lowest BCUT2D eigenvalue weighted by atomic mass is 9.77. The van der Waals surface area contributed by atoms with Crippen molar-refractivity contribution in [3.63, 3.8) is 0 Å². The number of ether oxygens (including phenoxy) is 5. The van der Waals surface area contributed by atoms with Crippen molar-refractivity contribution in [3.8, 4) is 17.2 Å². The van der Waals surface area contributed by atoms with Crippen LogP contribution < -0.4 is 19.1 Å². The smallest absolute Gasteiger partial charge is 0.165 e. The quantitative estimate of drug-likeness (QED) is 0.715. The molecule has 0 saturated carbocycles. The number of hydrogen-bond donors (Lipinski definition) is 0. The van der Waals surface area contributed by atoms with Crippen LogP contribution in [0.1, 0.15) is 11.1 Å². The van der Waals surface area contributed by atoms with E-state index in [9.17, 15) is 0 Å². The molecule has 6 heteroatoms. The standard InChI is InChI=1S/C22H25NO5/c1-24-8-9-25-7-6-23-14-22(16-4-2-3-5-18(16)23)15-28-19-13-21-20(12-17(19)22)26-10-11-27-21/h2-5,12-13H,6-11,14-15H2,1H3/t22-/m0/s1. The molecule has 0 aliphatic carbocycles. The highest BCUT2D eigenvalue weighted by atomic mass is 16.6. The van der Waals surface area contributed by atoms with Crippen molar-refractivity contribution in [3.05, 3.63) is 47.5 Å². The lowest BCUT2D eigenvalue weighted by Crippen LogP contribution is -2.37. The minimum absolute atomic E-state index is 0.186. The third-order valence-corrected chi connectivity index (χ3v) is 5.79. The Balaban J connectivity index is 1.45. The van der Waals surface area contributed by atoms with Gasteiger partial charge in [-0.1, -0.05) is 18.2 Å². The minimum Gasteiger partial charge on any atom is -0.492 e. The van der Waals surface area contributed by atoms with Crippen molar-refractivity contribution >= 4 is 5.69 Å². The molecule has 0 bridgehead atoms. The van der Waals surface area contributed by atoms with Gasteiger partial charge in [0, 0.05) is 37.5 Å². The van der Waals surface area contributed by atoms with Gasteiger partial charge in [-0.3, -0.25) is 0 Å². The van der Waals surface area contributed by atoms with Gasteiger partial charge in [-0.05, 0) is 17.7 Å². The Kier molecular flexibility index (Phi) is 4.53. The number of hydrogen-bond acceptors (Lipinski definition) is 6. The van der Waals surface area contributed by atoms with Crippen LogP contribution in [0.5, 0.6) is 17.2 Å². The lowest BCUT2D eigenvalue weighted by molar-refractivity contribution is 0.0740. The molecule has 3 heterocycles. The topological polar surface area (TPSA) is 49.4 Å². The summed E-state index contributed by atoms with van der Waals surface area (Å²) in [5, 5.41) is 0. The van der Waals surface area contributed by atoms with Gasteiger partial charge in [0.05, 0.1) is 25.2 Å². The number of rotatable bonds is 6. The van der Waals surface area contributed by atoms with E-state index in [-0.39, 0.29) is 5.41 Å². The van der Waals surface area contributed by atoms with Gasteiger partial charge in [0.25, 0.3) is 0 Å². The summed E-state index contributed by atoms with van der Waals surface area (Å²) in [6, 6.07) is 12.7. The molecule has 0 N–H and O–H groups in total. The van der Waals surface area contributed by atoms with Crippen molar-refractivity contribution in [2.75, 3.05) is 64.7 Å². The first-order valence-corrected chi connectivity index (χ1v) is 9.80. The van der Waals surface area contributed by atoms with E-state index in [2.05, 4.69) is 35.2 Å². The Hall–Kier alpha value is -2.44. The van der Waals surface area contributed by atoms with Gasteiger partial charge in [0.1, 0.15) is 25.6 Å². The molecule has 1 atom stereocenters. The zero-order valence-corrected chi connectivity index (χ0v) is 16.1. The van der Waals surface area contributed by atoms with Crippen LogP contribution in [0, 0.1) is 0 Å². The Morgan fingerprint density at radius 2 is 1.75 bits per heavy atom. The first-order valence-electron chi connectivity index (χ1n) is 9.80. The third-order valence-electron chi connectivity index (χ3n) is 5.79. The highest BCUT2D eigenvalue weighted by molar-refractivity contribution is 5.70. The molecule has 3 aliphatic heterocycles. The van der Waals surface area contributed by atoms with Gasteiger partial charge in [-0.2, -0.15) is 0 Å². The Morgan fingerprint density at radius 1 is 0.929 bits per heavy atom. The summed E-state index contributed by atoms with van der Waals surface area (Å²) in [6.45, 7) is 5.40. The van der Waals surface area contributed by atoms with Crippen molar-refractivity contribution in [1.82, 2.24) is 0 Å². The Morgan fingerprint density at radius 3 is 2.61 bits per heavy atom. The number of methoxy groups -OCH3 is 1. The average molecular weight is 383 g/mol. The summed E-state index contributed by atoms with van der Waals surface area (Å²) in [4.78, 5) is 2.40. The molecule has 2 aromatic carbocycles. The molecule has 2 aromatic rings. The van der Waals surface area contributed by atoms with Gasteiger partial charge in [-0.25, -0.2) is 0 Å². The summed E-state index contributed by atoms with van der Waals surface area (Å²) in [5.41, 5.74) is 3.56. The molecule has 28 heavy (non-hydrogen) atoms. The summed E-state index contributed by atoms with van der Waals surface area (Å²) >= 11 is 0. The molecular weight excluding hydrogens is 358 g/mol. The summed E-state index contributed by atoms with van der Waals surface area (Å²) in [6.07, 6.45) is 0. The minimum atomic E-state index is -0.186. The van der Waals surface area contributed by atoms with Crippen LogP contribution in [0.4, 0.5) is 5.69 Å². The molecule has 0 saturated heterocycles. The van der Waals surface area contributed by atoms with E-state index in [1.807, 2.05) is 6.07 Å². The monoisotopic (exact) mass is 383 g/mol. The van der Waals surface area contributed by atoms with E-state index in [4.69, 9.17) is 23.7 Å². The highest BCUT2D eigenvalue weighted by Gasteiger charge is 2.50. The Bertz CT molecular complexity index is 870. The van der Waals surface area contributed by atoms with Crippen LogP contribution in [0.2, 0.25) is 0 Å². The SMILES string of the molecule is COCCOCCN1C[C@]2(COc3cc4c(cc32)OCCO4)c2ccccc21. The number of fused-ring (bicyclic) bond motifs is 5. The molecule has 0 radical (unpaired) electrons. The van der Waals surface area contributed by atoms with E-state index >= 15 is 0 Å². The molecule has 3 aliphatic rings. The number of anilines is 1. The lowest BCUT2D eigenvalue weighted by Gasteiger charge is -2.26. The normalized spacial score (nSPS) is 21.5. The van der Waals surface area contributed by atoms with Gasteiger partial charge < -0.3 is 28.6 Å². The average Bonchev–Trinajstić information content (AvgIpc) is 3.25. The highest BCUT2D eigenvalue weighted by Crippen LogP contribution is 2.53. The van der Waals surface area contributed by atoms with Gasteiger partial charge in [0.15, 0.2) is 11.5 Å². The van der Waals surface area contributed by atoms with Crippen molar-refractivity contribution in [2.24, 2.45) is 0 Å². The number of para-hydroxylation sites is 1. The zero-order valence-electron chi connectivity index (χ0n) is 16.1. The molecule has 0 fully saturated rings. The molecule has 0 amide bonds. The fourth-order valence-electron chi connectivity index (χ4n) is 4.46. The van der Waals surface area contributed by atoms with E-state index in [0.29, 0.717) is 39.6 Å². The first-order chi connectivity index (χ1) is 13.8. The van der Waals surface area contributed by atoms with Crippen LogP contribution in [-0.4, -0.2) is 59.8 Å². The summed E-state index contributed by atoms with van der Waals surface area (Å²) < 4.78 is 28.5. The molecule has 1 spiro atoms. The fourth-order valence-corrected chi connectivity index (χ4v) is 4.46. The van der Waals surface area contributed by atoms with Crippen LogP contribution in [0.15, 0.2) is 36.4 Å². The molecule has 0 unspecified atom stereocenters. The second-order valence-electron chi connectivity index (χ2n) is 7.41. The van der Waals surface area contributed by atoms with E-state index in [1.54, 1.807) is 7.11 Å².